The summed E-state index contributed by atoms with van der Waals surface area (Å²) < 4.78 is 0. The van der Waals surface area contributed by atoms with E-state index < -0.39 is 6.10 Å². The number of nitrogens with one attached hydrogen (secondary N) is 1. The zero-order chi connectivity index (χ0) is 18.6. The summed E-state index contributed by atoms with van der Waals surface area (Å²) in [6, 6.07) is 16.6. The minimum atomic E-state index is -0.483. The molecule has 1 amide bonds. The molecular formula is C23H28N2O2. The number of aliphatic hydroxyl groups excluding tert-OH is 1. The average molecular weight is 364 g/mol. The lowest BCUT2D eigenvalue weighted by atomic mass is 9.91. The molecule has 4 nitrogen and oxygen atoms in total. The Morgan fingerprint density at radius 1 is 1.15 bits per heavy atom. The minimum absolute atomic E-state index is 0.0774. The van der Waals surface area contributed by atoms with E-state index in [1.165, 1.54) is 18.4 Å². The third-order valence-corrected chi connectivity index (χ3v) is 5.81. The highest BCUT2D eigenvalue weighted by molar-refractivity contribution is 5.93. The van der Waals surface area contributed by atoms with E-state index in [4.69, 9.17) is 0 Å². The summed E-state index contributed by atoms with van der Waals surface area (Å²) in [5.74, 6) is 0.737. The van der Waals surface area contributed by atoms with Crippen molar-refractivity contribution >= 4 is 11.6 Å². The number of carbonyl (C=O) groups excluding carboxylic acids is 1. The quantitative estimate of drug-likeness (QED) is 0.853. The summed E-state index contributed by atoms with van der Waals surface area (Å²) in [7, 11) is 0. The summed E-state index contributed by atoms with van der Waals surface area (Å²) in [4.78, 5) is 13.9. The molecule has 0 aromatic heterocycles. The molecule has 2 atom stereocenters. The van der Waals surface area contributed by atoms with Gasteiger partial charge in [-0.25, -0.2) is 0 Å². The van der Waals surface area contributed by atoms with Crippen molar-refractivity contribution in [3.05, 3.63) is 65.2 Å². The Bertz CT molecular complexity index is 790. The first-order chi connectivity index (χ1) is 13.2. The van der Waals surface area contributed by atoms with Crippen molar-refractivity contribution in [2.75, 3.05) is 25.0 Å². The number of aliphatic hydroxyl groups is 1. The number of aryl methyl sites for hydroxylation is 1. The molecule has 2 aromatic carbocycles. The Kier molecular flexibility index (Phi) is 5.55. The molecule has 0 bridgehead atoms. The van der Waals surface area contributed by atoms with Crippen molar-refractivity contribution in [2.24, 2.45) is 5.92 Å². The van der Waals surface area contributed by atoms with Crippen molar-refractivity contribution < 1.29 is 9.90 Å². The van der Waals surface area contributed by atoms with Crippen molar-refractivity contribution in [1.29, 1.82) is 0 Å². The van der Waals surface area contributed by atoms with Gasteiger partial charge < -0.3 is 15.3 Å². The molecule has 2 aliphatic rings. The van der Waals surface area contributed by atoms with Gasteiger partial charge in [0.15, 0.2) is 0 Å². The first-order valence-electron chi connectivity index (χ1n) is 10.0. The molecular weight excluding hydrogens is 336 g/mol. The van der Waals surface area contributed by atoms with Crippen molar-refractivity contribution in [2.45, 2.75) is 38.2 Å². The molecule has 0 aliphatic carbocycles. The number of anilines is 1. The van der Waals surface area contributed by atoms with E-state index >= 15 is 0 Å². The SMILES string of the molecule is O=C1CCc2cc([C@@H](O)CN3CCC[C@@H](Cc4ccccc4)C3)ccc2N1. The second kappa shape index (κ2) is 8.24. The maximum atomic E-state index is 11.5. The number of piperidine rings is 1. The van der Waals surface area contributed by atoms with Crippen LogP contribution in [0.2, 0.25) is 0 Å². The predicted molar refractivity (Wildman–Crippen MR) is 108 cm³/mol. The predicted octanol–water partition coefficient (Wildman–Crippen LogP) is 3.56. The van der Waals surface area contributed by atoms with E-state index in [1.54, 1.807) is 0 Å². The normalized spacial score (nSPS) is 21.4. The zero-order valence-corrected chi connectivity index (χ0v) is 15.7. The molecule has 0 spiro atoms. The first-order valence-corrected chi connectivity index (χ1v) is 10.0. The van der Waals surface area contributed by atoms with Crippen LogP contribution in [0, 0.1) is 5.92 Å². The van der Waals surface area contributed by atoms with Gasteiger partial charge in [-0.3, -0.25) is 4.79 Å². The van der Waals surface area contributed by atoms with Gasteiger partial charge in [0.05, 0.1) is 6.10 Å². The largest absolute Gasteiger partial charge is 0.387 e. The fraction of sp³-hybridized carbons (Fsp3) is 0.435. The Balaban J connectivity index is 1.36. The Hall–Kier alpha value is -2.17. The number of β-amino-alcohol motifs (C(OH)–C–C–N with tert-alkyl or cyclic N) is 1. The molecule has 0 unspecified atom stereocenters. The number of amides is 1. The lowest BCUT2D eigenvalue weighted by molar-refractivity contribution is -0.116. The van der Waals surface area contributed by atoms with Crippen LogP contribution in [-0.2, 0) is 17.6 Å². The van der Waals surface area contributed by atoms with E-state index in [0.717, 1.165) is 42.7 Å². The number of nitrogens with zero attached hydrogens (tertiary/aromatic N) is 1. The molecule has 1 fully saturated rings. The van der Waals surface area contributed by atoms with E-state index in [0.29, 0.717) is 18.9 Å². The standard InChI is InChI=1S/C23H28N2O2/c26-22(20-8-10-21-19(14-20)9-11-23(27)24-21)16-25-12-4-7-18(15-25)13-17-5-2-1-3-6-17/h1-3,5-6,8,10,14,18,22,26H,4,7,9,11-13,15-16H2,(H,24,27)/t18-,22-/m0/s1. The van der Waals surface area contributed by atoms with Crippen LogP contribution in [-0.4, -0.2) is 35.5 Å². The number of benzene rings is 2. The molecule has 4 heteroatoms. The molecule has 27 heavy (non-hydrogen) atoms. The van der Waals surface area contributed by atoms with E-state index in [-0.39, 0.29) is 5.91 Å². The fourth-order valence-electron chi connectivity index (χ4n) is 4.39. The second-order valence-electron chi connectivity index (χ2n) is 7.94. The van der Waals surface area contributed by atoms with Crippen LogP contribution in [0.1, 0.15) is 42.1 Å². The summed E-state index contributed by atoms with van der Waals surface area (Å²) in [6.45, 7) is 2.78. The van der Waals surface area contributed by atoms with E-state index in [1.807, 2.05) is 12.1 Å². The van der Waals surface area contributed by atoms with Gasteiger partial charge >= 0.3 is 0 Å². The molecule has 2 aliphatic heterocycles. The third kappa shape index (κ3) is 4.57. The smallest absolute Gasteiger partial charge is 0.224 e. The Morgan fingerprint density at radius 2 is 2.00 bits per heavy atom. The molecule has 2 aromatic rings. The zero-order valence-electron chi connectivity index (χ0n) is 15.7. The molecule has 2 N–H and O–H groups in total. The van der Waals surface area contributed by atoms with E-state index in [9.17, 15) is 9.90 Å². The summed E-state index contributed by atoms with van der Waals surface area (Å²) >= 11 is 0. The average Bonchev–Trinajstić information content (AvgIpc) is 2.68. The highest BCUT2D eigenvalue weighted by atomic mass is 16.3. The van der Waals surface area contributed by atoms with Gasteiger partial charge in [0.1, 0.15) is 0 Å². The highest BCUT2D eigenvalue weighted by Crippen LogP contribution is 2.28. The van der Waals surface area contributed by atoms with Crippen molar-refractivity contribution in [1.82, 2.24) is 4.90 Å². The van der Waals surface area contributed by atoms with Gasteiger partial charge in [0, 0.05) is 25.2 Å². The summed E-state index contributed by atoms with van der Waals surface area (Å²) in [5, 5.41) is 13.7. The molecule has 0 saturated carbocycles. The van der Waals surface area contributed by atoms with Crippen LogP contribution in [0.5, 0.6) is 0 Å². The lowest BCUT2D eigenvalue weighted by Crippen LogP contribution is -2.38. The first kappa shape index (κ1) is 18.2. The lowest BCUT2D eigenvalue weighted by Gasteiger charge is -2.34. The molecule has 4 rings (SSSR count). The topological polar surface area (TPSA) is 52.6 Å². The van der Waals surface area contributed by atoms with E-state index in [2.05, 4.69) is 46.6 Å². The van der Waals surface area contributed by atoms with Crippen LogP contribution >= 0.6 is 0 Å². The maximum Gasteiger partial charge on any atom is 0.224 e. The summed E-state index contributed by atoms with van der Waals surface area (Å²) in [6.07, 6.45) is 4.38. The molecule has 2 heterocycles. The van der Waals surface area contributed by atoms with Crippen LogP contribution in [0.4, 0.5) is 5.69 Å². The highest BCUT2D eigenvalue weighted by Gasteiger charge is 2.23. The van der Waals surface area contributed by atoms with Gasteiger partial charge in [0.2, 0.25) is 5.91 Å². The second-order valence-corrected chi connectivity index (χ2v) is 7.94. The Labute approximate surface area is 161 Å². The third-order valence-electron chi connectivity index (χ3n) is 5.81. The molecule has 0 radical (unpaired) electrons. The van der Waals surface area contributed by atoms with Gasteiger partial charge in [-0.1, -0.05) is 42.5 Å². The summed E-state index contributed by atoms with van der Waals surface area (Å²) in [5.41, 5.74) is 4.38. The molecule has 142 valence electrons. The monoisotopic (exact) mass is 364 g/mol. The minimum Gasteiger partial charge on any atom is -0.387 e. The fourth-order valence-corrected chi connectivity index (χ4v) is 4.39. The van der Waals surface area contributed by atoms with Gasteiger partial charge in [0.25, 0.3) is 0 Å². The number of rotatable bonds is 5. The van der Waals surface area contributed by atoms with Crippen LogP contribution in [0.25, 0.3) is 0 Å². The number of hydrogen-bond donors (Lipinski definition) is 2. The maximum absolute atomic E-state index is 11.5. The Morgan fingerprint density at radius 3 is 2.85 bits per heavy atom. The van der Waals surface area contributed by atoms with Crippen LogP contribution in [0.15, 0.2) is 48.5 Å². The van der Waals surface area contributed by atoms with Gasteiger partial charge in [-0.2, -0.15) is 0 Å². The number of hydrogen-bond acceptors (Lipinski definition) is 3. The number of carbonyl (C=O) groups is 1. The number of fused-ring (bicyclic) bond motifs is 1. The van der Waals surface area contributed by atoms with Crippen LogP contribution in [0.3, 0.4) is 0 Å². The van der Waals surface area contributed by atoms with Crippen molar-refractivity contribution in [3.63, 3.8) is 0 Å². The number of likely N-dealkylation sites (tertiary alicyclic amines) is 1. The molecule has 1 saturated heterocycles. The van der Waals surface area contributed by atoms with Gasteiger partial charge in [-0.05, 0) is 60.9 Å². The van der Waals surface area contributed by atoms with Gasteiger partial charge in [-0.15, -0.1) is 0 Å². The van der Waals surface area contributed by atoms with Crippen LogP contribution < -0.4 is 5.32 Å². The van der Waals surface area contributed by atoms with Crippen molar-refractivity contribution in [3.8, 4) is 0 Å².